The molecule has 9 rings (SSSR count). The number of Topliss-reactive ketones (excluding diaryl/α,β-unsaturated/α-hetero) is 2. The molecule has 5 aliphatic rings. The molecule has 3 fully saturated rings. The summed E-state index contributed by atoms with van der Waals surface area (Å²) in [6, 6.07) is 25.8. The molecule has 0 radical (unpaired) electrons. The number of ether oxygens (including phenoxy) is 4. The lowest BCUT2D eigenvalue weighted by molar-refractivity contribution is -0.00443. The molecule has 2 saturated heterocycles. The number of morpholine rings is 2. The van der Waals surface area contributed by atoms with E-state index in [1.165, 1.54) is 44.5 Å². The molecule has 8 nitrogen and oxygen atoms in total. The Bertz CT molecular complexity index is 2060. The molecule has 0 N–H and O–H groups in total. The van der Waals surface area contributed by atoms with Gasteiger partial charge in [0.2, 0.25) is 0 Å². The first-order chi connectivity index (χ1) is 26.9. The molecule has 0 amide bonds. The minimum atomic E-state index is -0.654. The van der Waals surface area contributed by atoms with Crippen LogP contribution >= 0.6 is 0 Å². The molecule has 2 heterocycles. The Morgan fingerprint density at radius 1 is 0.518 bits per heavy atom. The third-order valence-electron chi connectivity index (χ3n) is 14.3. The van der Waals surface area contributed by atoms with Crippen LogP contribution < -0.4 is 9.47 Å². The van der Waals surface area contributed by atoms with E-state index in [2.05, 4.69) is 98.2 Å². The van der Waals surface area contributed by atoms with Crippen LogP contribution in [-0.2, 0) is 20.3 Å². The van der Waals surface area contributed by atoms with Crippen molar-refractivity contribution in [2.45, 2.75) is 75.3 Å². The van der Waals surface area contributed by atoms with Crippen molar-refractivity contribution in [3.63, 3.8) is 0 Å². The van der Waals surface area contributed by atoms with Gasteiger partial charge in [-0.25, -0.2) is 0 Å². The highest BCUT2D eigenvalue weighted by Crippen LogP contribution is 2.64. The highest BCUT2D eigenvalue weighted by atomic mass is 16.5. The zero-order valence-corrected chi connectivity index (χ0v) is 33.8. The monoisotopic (exact) mass is 754 g/mol. The Labute approximate surface area is 331 Å². The van der Waals surface area contributed by atoms with Gasteiger partial charge in [0.1, 0.15) is 11.5 Å². The van der Waals surface area contributed by atoms with Gasteiger partial charge >= 0.3 is 0 Å². The summed E-state index contributed by atoms with van der Waals surface area (Å²) >= 11 is 0. The lowest BCUT2D eigenvalue weighted by Gasteiger charge is -2.46. The van der Waals surface area contributed by atoms with E-state index < -0.39 is 11.1 Å². The Kier molecular flexibility index (Phi) is 9.08. The second-order valence-electron chi connectivity index (χ2n) is 17.5. The second kappa shape index (κ2) is 13.7. The van der Waals surface area contributed by atoms with Gasteiger partial charge in [-0.3, -0.25) is 19.4 Å². The maximum atomic E-state index is 14.5. The SMILES string of the molecule is COc1ccc2c(c1)C1(CCC3(CC1)c1cc(OC)ccc1-c1ccc(C(=O)C(C)(C)N4CCOCC4)cc13)c1cc(C(=O)C(C)(C)N3CCOCC3)ccc1-2. The van der Waals surface area contributed by atoms with E-state index in [-0.39, 0.29) is 22.4 Å². The fourth-order valence-corrected chi connectivity index (χ4v) is 10.9. The van der Waals surface area contributed by atoms with Gasteiger partial charge in [0.05, 0.1) is 51.7 Å². The van der Waals surface area contributed by atoms with Crippen molar-refractivity contribution in [3.05, 3.63) is 106 Å². The number of carbonyl (C=O) groups excluding carboxylic acids is 2. The molecule has 8 heteroatoms. The number of ketones is 2. The van der Waals surface area contributed by atoms with E-state index >= 15 is 0 Å². The van der Waals surface area contributed by atoms with Gasteiger partial charge in [0.15, 0.2) is 11.6 Å². The largest absolute Gasteiger partial charge is 0.497 e. The average Bonchev–Trinajstić information content (AvgIpc) is 3.66. The number of methoxy groups -OCH3 is 2. The zero-order valence-electron chi connectivity index (χ0n) is 33.8. The van der Waals surface area contributed by atoms with Crippen LogP contribution in [0, 0.1) is 0 Å². The zero-order chi connectivity index (χ0) is 39.0. The van der Waals surface area contributed by atoms with E-state index in [0.717, 1.165) is 74.5 Å². The molecule has 0 unspecified atom stereocenters. The summed E-state index contributed by atoms with van der Waals surface area (Å²) in [5.41, 5.74) is 9.45. The van der Waals surface area contributed by atoms with Crippen LogP contribution in [-0.4, -0.2) is 99.3 Å². The molecule has 2 aliphatic heterocycles. The van der Waals surface area contributed by atoms with Crippen molar-refractivity contribution in [2.24, 2.45) is 0 Å². The fourth-order valence-electron chi connectivity index (χ4n) is 10.9. The van der Waals surface area contributed by atoms with Gasteiger partial charge in [-0.15, -0.1) is 0 Å². The Morgan fingerprint density at radius 2 is 0.839 bits per heavy atom. The number of hydrogen-bond donors (Lipinski definition) is 0. The van der Waals surface area contributed by atoms with Crippen LogP contribution in [0.3, 0.4) is 0 Å². The first kappa shape index (κ1) is 37.2. The molecule has 0 atom stereocenters. The molecular formula is C48H54N2O6. The predicted octanol–water partition coefficient (Wildman–Crippen LogP) is 8.10. The molecule has 3 aliphatic carbocycles. The van der Waals surface area contributed by atoms with Crippen LogP contribution in [0.4, 0.5) is 0 Å². The van der Waals surface area contributed by atoms with Gasteiger partial charge in [-0.1, -0.05) is 36.4 Å². The van der Waals surface area contributed by atoms with Gasteiger partial charge in [-0.2, -0.15) is 0 Å². The quantitative estimate of drug-likeness (QED) is 0.167. The Morgan fingerprint density at radius 3 is 1.18 bits per heavy atom. The maximum Gasteiger partial charge on any atom is 0.182 e. The molecule has 1 saturated carbocycles. The molecule has 4 aromatic carbocycles. The molecule has 0 bridgehead atoms. The lowest BCUT2D eigenvalue weighted by atomic mass is 9.57. The molecule has 292 valence electrons. The molecular weight excluding hydrogens is 701 g/mol. The smallest absolute Gasteiger partial charge is 0.182 e. The van der Waals surface area contributed by atoms with Gasteiger partial charge < -0.3 is 18.9 Å². The number of hydrogen-bond acceptors (Lipinski definition) is 8. The van der Waals surface area contributed by atoms with E-state index in [9.17, 15) is 9.59 Å². The Hall–Kier alpha value is -4.34. The number of nitrogens with zero attached hydrogens (tertiary/aromatic N) is 2. The number of carbonyl (C=O) groups is 2. The van der Waals surface area contributed by atoms with Crippen molar-refractivity contribution in [2.75, 3.05) is 66.8 Å². The first-order valence-electron chi connectivity index (χ1n) is 20.4. The molecule has 0 aromatic heterocycles. The van der Waals surface area contributed by atoms with E-state index in [1.807, 2.05) is 12.1 Å². The minimum absolute atomic E-state index is 0.140. The third kappa shape index (κ3) is 5.54. The van der Waals surface area contributed by atoms with Crippen molar-refractivity contribution in [1.82, 2.24) is 9.80 Å². The van der Waals surface area contributed by atoms with Gasteiger partial charge in [0.25, 0.3) is 0 Å². The summed E-state index contributed by atoms with van der Waals surface area (Å²) in [5, 5.41) is 0. The van der Waals surface area contributed by atoms with E-state index in [1.54, 1.807) is 14.2 Å². The van der Waals surface area contributed by atoms with Gasteiger partial charge in [-0.05, 0) is 134 Å². The average molecular weight is 755 g/mol. The van der Waals surface area contributed by atoms with E-state index in [4.69, 9.17) is 18.9 Å². The van der Waals surface area contributed by atoms with Crippen LogP contribution in [0.1, 0.15) is 96.3 Å². The Balaban J connectivity index is 1.13. The van der Waals surface area contributed by atoms with Crippen molar-refractivity contribution in [1.29, 1.82) is 0 Å². The summed E-state index contributed by atoms with van der Waals surface area (Å²) < 4.78 is 22.9. The molecule has 2 spiro atoms. The van der Waals surface area contributed by atoms with E-state index in [0.29, 0.717) is 26.4 Å². The summed E-state index contributed by atoms with van der Waals surface area (Å²) in [6.45, 7) is 13.7. The highest BCUT2D eigenvalue weighted by Gasteiger charge is 2.54. The van der Waals surface area contributed by atoms with Crippen LogP contribution in [0.2, 0.25) is 0 Å². The summed E-state index contributed by atoms with van der Waals surface area (Å²) in [6.07, 6.45) is 3.49. The molecule has 56 heavy (non-hydrogen) atoms. The summed E-state index contributed by atoms with van der Waals surface area (Å²) in [5.74, 6) is 1.96. The minimum Gasteiger partial charge on any atom is -0.497 e. The highest BCUT2D eigenvalue weighted by molar-refractivity contribution is 6.05. The van der Waals surface area contributed by atoms with Crippen molar-refractivity contribution in [3.8, 4) is 33.8 Å². The van der Waals surface area contributed by atoms with Crippen molar-refractivity contribution < 1.29 is 28.5 Å². The van der Waals surface area contributed by atoms with Crippen LogP contribution in [0.5, 0.6) is 11.5 Å². The normalized spacial score (nSPS) is 23.4. The molecule has 4 aromatic rings. The topological polar surface area (TPSA) is 77.5 Å². The van der Waals surface area contributed by atoms with Crippen molar-refractivity contribution >= 4 is 11.6 Å². The first-order valence-corrected chi connectivity index (χ1v) is 20.4. The maximum absolute atomic E-state index is 14.5. The predicted molar refractivity (Wildman–Crippen MR) is 218 cm³/mol. The summed E-state index contributed by atoms with van der Waals surface area (Å²) in [4.78, 5) is 33.4. The fraction of sp³-hybridized carbons (Fsp3) is 0.458. The van der Waals surface area contributed by atoms with Crippen LogP contribution in [0.15, 0.2) is 72.8 Å². The number of fused-ring (bicyclic) bond motifs is 10. The van der Waals surface area contributed by atoms with Crippen LogP contribution in [0.25, 0.3) is 22.3 Å². The third-order valence-corrected chi connectivity index (χ3v) is 14.3. The number of benzene rings is 4. The summed E-state index contributed by atoms with van der Waals surface area (Å²) in [7, 11) is 3.46. The standard InChI is InChI=1S/C48H54N2O6/c1-45(2,49-19-23-55-24-20-49)43(51)31-7-11-35-37-13-9-33(53-5)29-41(37)47(39(35)27-31)15-17-48(18-16-47)40-28-32(44(52)46(3,4)50-21-25-56-26-22-50)8-12-36(40)38-14-10-34(54-6)30-42(38)48/h7-14,27-30H,15-26H2,1-6H3. The second-order valence-corrected chi connectivity index (χ2v) is 17.5. The number of rotatable bonds is 8. The van der Waals surface area contributed by atoms with Gasteiger partial charge in [0, 0.05) is 48.1 Å². The lowest BCUT2D eigenvalue weighted by Crippen LogP contribution is -2.54.